The van der Waals surface area contributed by atoms with E-state index in [-0.39, 0.29) is 5.91 Å². The number of nitrogens with one attached hydrogen (secondary N) is 2. The molecule has 0 saturated carbocycles. The second kappa shape index (κ2) is 6.70. The lowest BCUT2D eigenvalue weighted by molar-refractivity contribution is 0.0964. The van der Waals surface area contributed by atoms with Gasteiger partial charge >= 0.3 is 0 Å². The van der Waals surface area contributed by atoms with Gasteiger partial charge in [0.15, 0.2) is 0 Å². The molecule has 2 N–H and O–H groups in total. The van der Waals surface area contributed by atoms with Crippen LogP contribution in [0.25, 0.3) is 21.0 Å². The minimum absolute atomic E-state index is 0.0415. The number of halogens is 1. The van der Waals surface area contributed by atoms with Gasteiger partial charge in [0.1, 0.15) is 0 Å². The number of thiophene rings is 1. The van der Waals surface area contributed by atoms with Crippen molar-refractivity contribution in [3.63, 3.8) is 0 Å². The number of anilines is 2. The van der Waals surface area contributed by atoms with Crippen LogP contribution in [0.2, 0.25) is 0 Å². The summed E-state index contributed by atoms with van der Waals surface area (Å²) in [5.41, 5.74) is 3.68. The van der Waals surface area contributed by atoms with Crippen LogP contribution in [0.1, 0.15) is 15.2 Å². The van der Waals surface area contributed by atoms with E-state index in [0.29, 0.717) is 0 Å². The number of amides is 1. The van der Waals surface area contributed by atoms with Crippen LogP contribution < -0.4 is 10.6 Å². The molecule has 2 aromatic carbocycles. The van der Waals surface area contributed by atoms with E-state index in [9.17, 15) is 4.79 Å². The first-order chi connectivity index (χ1) is 12.6. The number of rotatable bonds is 3. The zero-order chi connectivity index (χ0) is 18.3. The van der Waals surface area contributed by atoms with Gasteiger partial charge in [0, 0.05) is 49.4 Å². The van der Waals surface area contributed by atoms with Crippen molar-refractivity contribution in [3.8, 4) is 0 Å². The first kappa shape index (κ1) is 17.0. The molecule has 0 aliphatic carbocycles. The van der Waals surface area contributed by atoms with Crippen molar-refractivity contribution >= 4 is 65.5 Å². The third kappa shape index (κ3) is 2.95. The average molecular weight is 426 g/mol. The number of carbonyl (C=O) groups is 1. The molecule has 0 radical (unpaired) electrons. The number of hydrogen-bond donors (Lipinski definition) is 2. The van der Waals surface area contributed by atoms with E-state index in [2.05, 4.69) is 37.6 Å². The van der Waals surface area contributed by atoms with Crippen molar-refractivity contribution in [1.29, 1.82) is 0 Å². The molecule has 1 amide bonds. The molecule has 2 heterocycles. The first-order valence-corrected chi connectivity index (χ1v) is 9.74. The highest BCUT2D eigenvalue weighted by molar-refractivity contribution is 9.10. The average Bonchev–Trinajstić information content (AvgIpc) is 2.96. The van der Waals surface area contributed by atoms with Crippen molar-refractivity contribution in [2.75, 3.05) is 12.4 Å². The summed E-state index contributed by atoms with van der Waals surface area (Å²) in [4.78, 5) is 17.6. The molecule has 0 aliphatic heterocycles. The summed E-state index contributed by atoms with van der Waals surface area (Å²) >= 11 is 5.12. The Morgan fingerprint density at radius 1 is 1.12 bits per heavy atom. The summed E-state index contributed by atoms with van der Waals surface area (Å²) in [6.45, 7) is 1.98. The normalized spacial score (nSPS) is 11.0. The number of aryl methyl sites for hydroxylation is 1. The summed E-state index contributed by atoms with van der Waals surface area (Å²) in [5.74, 6) is -0.0415. The largest absolute Gasteiger partial charge is 0.355 e. The second-order valence-electron chi connectivity index (χ2n) is 5.97. The third-order valence-corrected chi connectivity index (χ3v) is 5.87. The number of aromatic nitrogens is 1. The maximum atomic E-state index is 12.1. The number of benzene rings is 2. The Kier molecular flexibility index (Phi) is 4.38. The monoisotopic (exact) mass is 425 g/mol. The van der Waals surface area contributed by atoms with Crippen LogP contribution in [0.4, 0.5) is 11.4 Å². The molecule has 2 aromatic heterocycles. The van der Waals surface area contributed by atoms with Crippen molar-refractivity contribution in [1.82, 2.24) is 10.3 Å². The van der Waals surface area contributed by atoms with E-state index in [1.807, 2.05) is 43.3 Å². The molecule has 0 aliphatic rings. The minimum Gasteiger partial charge on any atom is -0.355 e. The van der Waals surface area contributed by atoms with Gasteiger partial charge in [-0.1, -0.05) is 22.0 Å². The zero-order valence-corrected chi connectivity index (χ0v) is 16.7. The summed E-state index contributed by atoms with van der Waals surface area (Å²) in [5, 5.41) is 8.25. The Hall–Kier alpha value is -2.44. The van der Waals surface area contributed by atoms with Gasteiger partial charge in [-0.05, 0) is 43.3 Å². The van der Waals surface area contributed by atoms with Crippen LogP contribution in [0.5, 0.6) is 0 Å². The van der Waals surface area contributed by atoms with E-state index in [1.165, 1.54) is 0 Å². The Morgan fingerprint density at radius 2 is 1.92 bits per heavy atom. The number of pyridine rings is 1. The molecule has 0 bridgehead atoms. The van der Waals surface area contributed by atoms with Gasteiger partial charge in [-0.2, -0.15) is 0 Å². The summed E-state index contributed by atoms with van der Waals surface area (Å²) in [6, 6.07) is 14.1. The van der Waals surface area contributed by atoms with Gasteiger partial charge in [-0.15, -0.1) is 11.3 Å². The van der Waals surface area contributed by atoms with Gasteiger partial charge in [0.2, 0.25) is 0 Å². The molecule has 0 unspecified atom stereocenters. The fourth-order valence-electron chi connectivity index (χ4n) is 3.09. The van der Waals surface area contributed by atoms with Gasteiger partial charge in [-0.3, -0.25) is 9.78 Å². The molecule has 26 heavy (non-hydrogen) atoms. The lowest BCUT2D eigenvalue weighted by atomic mass is 10.1. The van der Waals surface area contributed by atoms with Crippen LogP contribution >= 0.6 is 27.3 Å². The molecule has 130 valence electrons. The summed E-state index contributed by atoms with van der Waals surface area (Å²) in [6.07, 6.45) is 1.80. The van der Waals surface area contributed by atoms with Crippen molar-refractivity contribution in [2.45, 2.75) is 6.92 Å². The predicted octanol–water partition coefficient (Wildman–Crippen LogP) is 5.62. The van der Waals surface area contributed by atoms with Crippen molar-refractivity contribution < 1.29 is 4.79 Å². The lowest BCUT2D eigenvalue weighted by Crippen LogP contribution is -2.18. The molecule has 0 spiro atoms. The summed E-state index contributed by atoms with van der Waals surface area (Å²) in [7, 11) is 1.66. The topological polar surface area (TPSA) is 54.0 Å². The molecule has 4 aromatic rings. The number of nitrogens with zero attached hydrogens (tertiary/aromatic N) is 1. The zero-order valence-electron chi connectivity index (χ0n) is 14.3. The first-order valence-electron chi connectivity index (χ1n) is 8.13. The second-order valence-corrected chi connectivity index (χ2v) is 8.14. The van der Waals surface area contributed by atoms with Gasteiger partial charge < -0.3 is 10.6 Å². The molecule has 4 rings (SSSR count). The Balaban J connectivity index is 1.76. The molecular weight excluding hydrogens is 410 g/mol. The smallest absolute Gasteiger partial charge is 0.252 e. The molecule has 6 heteroatoms. The highest BCUT2D eigenvalue weighted by Gasteiger charge is 2.15. The van der Waals surface area contributed by atoms with Crippen LogP contribution in [0.3, 0.4) is 0 Å². The summed E-state index contributed by atoms with van der Waals surface area (Å²) < 4.78 is 2.10. The van der Waals surface area contributed by atoms with E-state index in [1.54, 1.807) is 24.6 Å². The van der Waals surface area contributed by atoms with Crippen LogP contribution in [0.15, 0.2) is 53.1 Å². The maximum absolute atomic E-state index is 12.1. The Labute approximate surface area is 163 Å². The van der Waals surface area contributed by atoms with Crippen LogP contribution in [-0.2, 0) is 0 Å². The molecule has 4 nitrogen and oxygen atoms in total. The number of fused-ring (bicyclic) bond motifs is 2. The fraction of sp³-hybridized carbons (Fsp3) is 0.100. The number of carbonyl (C=O) groups excluding carboxylic acids is 1. The quantitative estimate of drug-likeness (QED) is 0.447. The predicted molar refractivity (Wildman–Crippen MR) is 113 cm³/mol. The standard InChI is InChI=1S/C20H16BrN3OS/c1-11-19(20(25)22-2)15-6-4-13(10-18(15)26-11)24-16-7-8-23-17-9-12(21)3-5-14(16)17/h3-10H,1-2H3,(H,22,25)(H,23,24). The highest BCUT2D eigenvalue weighted by Crippen LogP contribution is 2.34. The van der Waals surface area contributed by atoms with E-state index in [4.69, 9.17) is 0 Å². The SMILES string of the molecule is CNC(=O)c1c(C)sc2cc(Nc3ccnc4cc(Br)ccc34)ccc12. The van der Waals surface area contributed by atoms with Gasteiger partial charge in [0.25, 0.3) is 5.91 Å². The van der Waals surface area contributed by atoms with Gasteiger partial charge in [-0.25, -0.2) is 0 Å². The Bertz CT molecular complexity index is 1150. The van der Waals surface area contributed by atoms with Crippen LogP contribution in [0, 0.1) is 6.92 Å². The van der Waals surface area contributed by atoms with Gasteiger partial charge in [0.05, 0.1) is 11.1 Å². The third-order valence-electron chi connectivity index (χ3n) is 4.30. The minimum atomic E-state index is -0.0415. The fourth-order valence-corrected chi connectivity index (χ4v) is 4.54. The molecular formula is C20H16BrN3OS. The van der Waals surface area contributed by atoms with Crippen molar-refractivity contribution in [3.05, 3.63) is 63.6 Å². The number of hydrogen-bond acceptors (Lipinski definition) is 4. The highest BCUT2D eigenvalue weighted by atomic mass is 79.9. The van der Waals surface area contributed by atoms with E-state index in [0.717, 1.165) is 47.3 Å². The van der Waals surface area contributed by atoms with Crippen LogP contribution in [-0.4, -0.2) is 17.9 Å². The Morgan fingerprint density at radius 3 is 2.73 bits per heavy atom. The lowest BCUT2D eigenvalue weighted by Gasteiger charge is -2.10. The van der Waals surface area contributed by atoms with E-state index >= 15 is 0 Å². The molecule has 0 saturated heterocycles. The maximum Gasteiger partial charge on any atom is 0.252 e. The van der Waals surface area contributed by atoms with Crippen molar-refractivity contribution in [2.24, 2.45) is 0 Å². The molecule has 0 fully saturated rings. The molecule has 0 atom stereocenters. The van der Waals surface area contributed by atoms with E-state index < -0.39 is 0 Å².